The van der Waals surface area contributed by atoms with E-state index in [-0.39, 0.29) is 4.91 Å². The Morgan fingerprint density at radius 1 is 1.25 bits per heavy atom. The zero-order chi connectivity index (χ0) is 13.0. The molecule has 0 saturated carbocycles. The van der Waals surface area contributed by atoms with Gasteiger partial charge in [-0.1, -0.05) is 11.6 Å². The summed E-state index contributed by atoms with van der Waals surface area (Å²) in [5.41, 5.74) is 0.926. The normalized spacial score (nSPS) is 13.8. The highest BCUT2D eigenvalue weighted by atomic mass is 32.2. The summed E-state index contributed by atoms with van der Waals surface area (Å²) < 4.78 is 49.7. The predicted molar refractivity (Wildman–Crippen MR) is 60.7 cm³/mol. The van der Waals surface area contributed by atoms with Crippen LogP contribution in [0.2, 0.25) is 0 Å². The first kappa shape index (κ1) is 15.2. The van der Waals surface area contributed by atoms with Crippen LogP contribution in [0.3, 0.4) is 0 Å². The highest BCUT2D eigenvalue weighted by Gasteiger charge is 2.24. The Balaban J connectivity index is 4.69. The molecule has 0 aromatic heterocycles. The van der Waals surface area contributed by atoms with Crippen LogP contribution in [0.25, 0.3) is 0 Å². The van der Waals surface area contributed by atoms with Gasteiger partial charge in [-0.15, -0.1) is 0 Å². The first-order valence-electron chi connectivity index (χ1n) is 4.74. The fraction of sp³-hybridized carbons (Fsp3) is 0.600. The zero-order valence-electron chi connectivity index (χ0n) is 9.84. The maximum absolute atomic E-state index is 12.5. The van der Waals surface area contributed by atoms with E-state index in [0.29, 0.717) is 6.92 Å². The van der Waals surface area contributed by atoms with E-state index in [2.05, 4.69) is 0 Å². The molecule has 1 N–H and O–H groups in total. The Bertz CT molecular complexity index is 388. The minimum absolute atomic E-state index is 0.0120. The van der Waals surface area contributed by atoms with Crippen molar-refractivity contribution >= 4 is 10.0 Å². The molecular formula is C10H17F2NO2S. The largest absolute Gasteiger partial charge is 0.258 e. The molecule has 0 unspecified atom stereocenters. The lowest BCUT2D eigenvalue weighted by atomic mass is 10.3. The van der Waals surface area contributed by atoms with Gasteiger partial charge in [-0.05, 0) is 26.8 Å². The van der Waals surface area contributed by atoms with E-state index >= 15 is 0 Å². The third-order valence-corrected chi connectivity index (χ3v) is 3.16. The van der Waals surface area contributed by atoms with Crippen molar-refractivity contribution in [2.45, 2.75) is 33.6 Å². The monoisotopic (exact) mass is 253 g/mol. The first-order valence-corrected chi connectivity index (χ1v) is 6.22. The number of alkyl halides is 2. The molecule has 94 valence electrons. The first-order chi connectivity index (χ1) is 7.04. The fourth-order valence-corrected chi connectivity index (χ4v) is 1.63. The van der Waals surface area contributed by atoms with Crippen molar-refractivity contribution in [1.29, 1.82) is 0 Å². The molecule has 0 aliphatic carbocycles. The van der Waals surface area contributed by atoms with E-state index in [9.17, 15) is 17.2 Å². The van der Waals surface area contributed by atoms with Crippen molar-refractivity contribution in [1.82, 2.24) is 4.72 Å². The minimum Gasteiger partial charge on any atom is -0.207 e. The molecule has 0 amide bonds. The predicted octanol–water partition coefficient (Wildman–Crippen LogP) is 2.43. The van der Waals surface area contributed by atoms with Gasteiger partial charge in [-0.25, -0.2) is 21.9 Å². The molecule has 0 atom stereocenters. The summed E-state index contributed by atoms with van der Waals surface area (Å²) in [5, 5.41) is 0. The lowest BCUT2D eigenvalue weighted by molar-refractivity contribution is 0.0282. The molecule has 0 fully saturated rings. The second kappa shape index (κ2) is 5.54. The molecule has 0 saturated heterocycles. The minimum atomic E-state index is -3.80. The average Bonchev–Trinajstić information content (AvgIpc) is 2.10. The molecule has 6 heteroatoms. The van der Waals surface area contributed by atoms with Gasteiger partial charge >= 0.3 is 0 Å². The molecule has 0 aliphatic heterocycles. The van der Waals surface area contributed by atoms with E-state index in [1.807, 2.05) is 18.6 Å². The van der Waals surface area contributed by atoms with E-state index in [1.165, 1.54) is 13.0 Å². The highest BCUT2D eigenvalue weighted by Crippen LogP contribution is 2.11. The molecule has 0 heterocycles. The highest BCUT2D eigenvalue weighted by molar-refractivity contribution is 7.93. The molecule has 0 radical (unpaired) electrons. The number of hydrogen-bond donors (Lipinski definition) is 1. The van der Waals surface area contributed by atoms with Crippen molar-refractivity contribution in [2.24, 2.45) is 0 Å². The fourth-order valence-electron chi connectivity index (χ4n) is 0.709. The summed E-state index contributed by atoms with van der Waals surface area (Å²) in [5.74, 6) is -3.05. The van der Waals surface area contributed by atoms with E-state index in [4.69, 9.17) is 0 Å². The van der Waals surface area contributed by atoms with E-state index < -0.39 is 22.5 Å². The number of rotatable bonds is 5. The zero-order valence-corrected chi connectivity index (χ0v) is 10.7. The molecule has 0 aliphatic rings. The number of nitrogens with one attached hydrogen (secondary N) is 1. The molecule has 0 aromatic rings. The summed E-state index contributed by atoms with van der Waals surface area (Å²) in [4.78, 5) is 0.0120. The summed E-state index contributed by atoms with van der Waals surface area (Å²) >= 11 is 0. The Morgan fingerprint density at radius 3 is 2.12 bits per heavy atom. The summed E-state index contributed by atoms with van der Waals surface area (Å²) in [6.07, 6.45) is 2.99. The standard InChI is InChI=1S/C10H17F2NO2S/c1-8(2)5-6-9(3)16(14,15)13-7-10(4,11)12/h5-6,13H,7H2,1-4H3. The Hall–Kier alpha value is -0.750. The van der Waals surface area contributed by atoms with Crippen LogP contribution in [0.15, 0.2) is 22.6 Å². The van der Waals surface area contributed by atoms with Gasteiger partial charge in [0.2, 0.25) is 10.0 Å². The lowest BCUT2D eigenvalue weighted by Gasteiger charge is -2.11. The van der Waals surface area contributed by atoms with Crippen LogP contribution in [0.4, 0.5) is 8.78 Å². The van der Waals surface area contributed by atoms with Crippen LogP contribution in [-0.2, 0) is 10.0 Å². The molecule has 0 bridgehead atoms. The van der Waals surface area contributed by atoms with Crippen molar-refractivity contribution in [2.75, 3.05) is 6.54 Å². The maximum Gasteiger partial charge on any atom is 0.258 e. The molecule has 16 heavy (non-hydrogen) atoms. The van der Waals surface area contributed by atoms with Crippen LogP contribution in [0.5, 0.6) is 0 Å². The molecular weight excluding hydrogens is 236 g/mol. The number of sulfonamides is 1. The Morgan fingerprint density at radius 2 is 1.75 bits per heavy atom. The van der Waals surface area contributed by atoms with Crippen LogP contribution in [0, 0.1) is 0 Å². The van der Waals surface area contributed by atoms with Crippen LogP contribution < -0.4 is 4.72 Å². The van der Waals surface area contributed by atoms with Crippen LogP contribution >= 0.6 is 0 Å². The summed E-state index contributed by atoms with van der Waals surface area (Å²) in [7, 11) is -3.80. The van der Waals surface area contributed by atoms with Gasteiger partial charge in [0.1, 0.15) is 0 Å². The average molecular weight is 253 g/mol. The summed E-state index contributed by atoms with van der Waals surface area (Å²) in [6.45, 7) is 4.74. The second-order valence-corrected chi connectivity index (χ2v) is 5.86. The van der Waals surface area contributed by atoms with Gasteiger partial charge in [0.15, 0.2) is 0 Å². The van der Waals surface area contributed by atoms with Crippen molar-refractivity contribution in [3.8, 4) is 0 Å². The van der Waals surface area contributed by atoms with Gasteiger partial charge in [0, 0.05) is 6.92 Å². The van der Waals surface area contributed by atoms with Gasteiger partial charge < -0.3 is 0 Å². The SMILES string of the molecule is CC(C)=CC=C(C)S(=O)(=O)NCC(C)(F)F. The second-order valence-electron chi connectivity index (χ2n) is 3.92. The van der Waals surface area contributed by atoms with Gasteiger partial charge in [-0.3, -0.25) is 0 Å². The summed E-state index contributed by atoms with van der Waals surface area (Å²) in [6, 6.07) is 0. The van der Waals surface area contributed by atoms with Gasteiger partial charge in [0.25, 0.3) is 5.92 Å². The van der Waals surface area contributed by atoms with E-state index in [1.54, 1.807) is 6.08 Å². The number of hydrogen-bond acceptors (Lipinski definition) is 2. The third kappa shape index (κ3) is 6.68. The molecule has 0 spiro atoms. The number of allylic oxidation sites excluding steroid dienone is 4. The smallest absolute Gasteiger partial charge is 0.207 e. The van der Waals surface area contributed by atoms with Crippen molar-refractivity contribution in [3.63, 3.8) is 0 Å². The molecule has 3 nitrogen and oxygen atoms in total. The maximum atomic E-state index is 12.5. The lowest BCUT2D eigenvalue weighted by Crippen LogP contribution is -2.34. The third-order valence-electron chi connectivity index (χ3n) is 1.65. The van der Waals surface area contributed by atoms with Crippen molar-refractivity contribution in [3.05, 3.63) is 22.6 Å². The van der Waals surface area contributed by atoms with Crippen LogP contribution in [-0.4, -0.2) is 20.9 Å². The van der Waals surface area contributed by atoms with Crippen LogP contribution in [0.1, 0.15) is 27.7 Å². The van der Waals surface area contributed by atoms with Gasteiger partial charge in [-0.2, -0.15) is 0 Å². The van der Waals surface area contributed by atoms with Crippen molar-refractivity contribution < 1.29 is 17.2 Å². The Labute approximate surface area is 95.3 Å². The number of halogens is 2. The molecule has 0 aromatic carbocycles. The topological polar surface area (TPSA) is 46.2 Å². The molecule has 0 rings (SSSR count). The quantitative estimate of drug-likeness (QED) is 0.765. The van der Waals surface area contributed by atoms with Gasteiger partial charge in [0.05, 0.1) is 11.4 Å². The van der Waals surface area contributed by atoms with E-state index in [0.717, 1.165) is 5.57 Å². The Kier molecular flexibility index (Phi) is 5.28.